The molecular weight excluding hydrogens is 355 g/mol. The molecule has 0 fully saturated rings. The highest BCUT2D eigenvalue weighted by Gasteiger charge is 2.17. The number of rotatable bonds is 2. The number of benzene rings is 2. The number of anilines is 1. The zero-order chi connectivity index (χ0) is 17.1. The van der Waals surface area contributed by atoms with Gasteiger partial charge in [0, 0.05) is 10.6 Å². The second-order valence-electron chi connectivity index (χ2n) is 4.89. The van der Waals surface area contributed by atoms with E-state index in [1.54, 1.807) is 24.3 Å². The van der Waals surface area contributed by atoms with E-state index in [9.17, 15) is 9.59 Å². The summed E-state index contributed by atoms with van der Waals surface area (Å²) in [6.07, 6.45) is 0. The quantitative estimate of drug-likeness (QED) is 0.848. The number of halogens is 2. The van der Waals surface area contributed by atoms with Crippen LogP contribution in [-0.4, -0.2) is 25.2 Å². The average molecular weight is 367 g/mol. The molecule has 2 N–H and O–H groups in total. The summed E-state index contributed by atoms with van der Waals surface area (Å²) in [5.74, 6) is 0.458. The molecule has 2 aromatic rings. The molecule has 1 heterocycles. The molecule has 6 nitrogen and oxygen atoms in total. The number of ether oxygens (including phenoxy) is 2. The van der Waals surface area contributed by atoms with Crippen molar-refractivity contribution in [1.82, 2.24) is 5.32 Å². The van der Waals surface area contributed by atoms with Gasteiger partial charge in [0.25, 0.3) is 5.91 Å². The van der Waals surface area contributed by atoms with E-state index in [1.165, 1.54) is 12.1 Å². The third kappa shape index (κ3) is 3.72. The fraction of sp³-hybridized carbons (Fsp3) is 0.125. The van der Waals surface area contributed by atoms with E-state index in [2.05, 4.69) is 10.6 Å². The molecule has 0 bridgehead atoms. The maximum Gasteiger partial charge on any atom is 0.326 e. The summed E-state index contributed by atoms with van der Waals surface area (Å²) in [5.41, 5.74) is 0.616. The second kappa shape index (κ2) is 6.98. The Kier molecular flexibility index (Phi) is 4.78. The Balaban J connectivity index is 1.67. The van der Waals surface area contributed by atoms with Crippen LogP contribution in [0.3, 0.4) is 0 Å². The molecule has 0 aliphatic carbocycles. The van der Waals surface area contributed by atoms with Gasteiger partial charge in [0.15, 0.2) is 11.5 Å². The van der Waals surface area contributed by atoms with Crippen LogP contribution in [0.2, 0.25) is 10.0 Å². The number of fused-ring (bicyclic) bond motifs is 1. The lowest BCUT2D eigenvalue weighted by molar-refractivity contribution is 0.0966. The first-order valence-electron chi connectivity index (χ1n) is 7.00. The second-order valence-corrected chi connectivity index (χ2v) is 5.73. The first kappa shape index (κ1) is 16.4. The van der Waals surface area contributed by atoms with Crippen molar-refractivity contribution in [3.8, 4) is 11.5 Å². The first-order valence-corrected chi connectivity index (χ1v) is 7.75. The van der Waals surface area contributed by atoms with Gasteiger partial charge < -0.3 is 14.8 Å². The number of nitrogens with one attached hydrogen (secondary N) is 2. The van der Waals surface area contributed by atoms with Crippen molar-refractivity contribution < 1.29 is 19.1 Å². The van der Waals surface area contributed by atoms with Crippen LogP contribution in [-0.2, 0) is 0 Å². The highest BCUT2D eigenvalue weighted by atomic mass is 35.5. The van der Waals surface area contributed by atoms with E-state index in [4.69, 9.17) is 32.7 Å². The largest absolute Gasteiger partial charge is 0.486 e. The molecule has 0 atom stereocenters. The number of hydrogen-bond acceptors (Lipinski definition) is 4. The number of hydrogen-bond donors (Lipinski definition) is 2. The maximum absolute atomic E-state index is 12.1. The molecule has 1 aliphatic rings. The SMILES string of the molecule is O=C(NC(=O)c1ccc2c(c1)OCCO2)Nc1ccc(Cl)cc1Cl. The molecule has 8 heteroatoms. The molecule has 0 saturated carbocycles. The van der Waals surface area contributed by atoms with Crippen LogP contribution < -0.4 is 20.1 Å². The third-order valence-electron chi connectivity index (χ3n) is 3.21. The minimum atomic E-state index is -0.709. The molecule has 3 amide bonds. The van der Waals surface area contributed by atoms with Crippen LogP contribution in [0, 0.1) is 0 Å². The standard InChI is InChI=1S/C16H12Cl2N2O4/c17-10-2-3-12(11(18)8-10)19-16(22)20-15(21)9-1-4-13-14(7-9)24-6-5-23-13/h1-4,7-8H,5-6H2,(H2,19,20,21,22). The van der Waals surface area contributed by atoms with Crippen LogP contribution in [0.5, 0.6) is 11.5 Å². The van der Waals surface area contributed by atoms with Crippen molar-refractivity contribution in [2.45, 2.75) is 0 Å². The molecule has 124 valence electrons. The van der Waals surface area contributed by atoms with Gasteiger partial charge in [-0.1, -0.05) is 23.2 Å². The van der Waals surface area contributed by atoms with Crippen molar-refractivity contribution in [3.05, 3.63) is 52.0 Å². The van der Waals surface area contributed by atoms with Crippen molar-refractivity contribution in [2.75, 3.05) is 18.5 Å². The lowest BCUT2D eigenvalue weighted by atomic mass is 10.2. The molecule has 0 unspecified atom stereocenters. The summed E-state index contributed by atoms with van der Waals surface area (Å²) in [6, 6.07) is 8.58. The van der Waals surface area contributed by atoms with Gasteiger partial charge in [0.1, 0.15) is 13.2 Å². The number of carbonyl (C=O) groups is 2. The fourth-order valence-electron chi connectivity index (χ4n) is 2.10. The summed E-state index contributed by atoms with van der Waals surface area (Å²) >= 11 is 11.8. The molecule has 0 spiro atoms. The van der Waals surface area contributed by atoms with E-state index in [0.717, 1.165) is 0 Å². The van der Waals surface area contributed by atoms with E-state index in [0.29, 0.717) is 35.4 Å². The number of urea groups is 1. The van der Waals surface area contributed by atoms with E-state index < -0.39 is 11.9 Å². The molecule has 0 radical (unpaired) electrons. The molecule has 2 aromatic carbocycles. The fourth-order valence-corrected chi connectivity index (χ4v) is 2.56. The Morgan fingerprint density at radius 2 is 1.71 bits per heavy atom. The van der Waals surface area contributed by atoms with Gasteiger partial charge in [-0.05, 0) is 36.4 Å². The molecule has 0 aromatic heterocycles. The predicted octanol–water partition coefficient (Wildman–Crippen LogP) is 3.73. The summed E-state index contributed by atoms with van der Waals surface area (Å²) in [5, 5.41) is 5.41. The first-order chi connectivity index (χ1) is 11.5. The number of carbonyl (C=O) groups excluding carboxylic acids is 2. The van der Waals surface area contributed by atoms with Gasteiger partial charge in [-0.15, -0.1) is 0 Å². The van der Waals surface area contributed by atoms with Gasteiger partial charge in [0.2, 0.25) is 0 Å². The van der Waals surface area contributed by atoms with Gasteiger partial charge in [-0.25, -0.2) is 4.79 Å². The number of imide groups is 1. The Morgan fingerprint density at radius 3 is 2.46 bits per heavy atom. The highest BCUT2D eigenvalue weighted by Crippen LogP contribution is 2.30. The topological polar surface area (TPSA) is 76.7 Å². The zero-order valence-corrected chi connectivity index (χ0v) is 13.8. The summed E-state index contributed by atoms with van der Waals surface area (Å²) in [4.78, 5) is 24.1. The van der Waals surface area contributed by atoms with Crippen LogP contribution >= 0.6 is 23.2 Å². The Bertz CT molecular complexity index is 811. The van der Waals surface area contributed by atoms with E-state index >= 15 is 0 Å². The van der Waals surface area contributed by atoms with Gasteiger partial charge in [-0.3, -0.25) is 10.1 Å². The molecule has 3 rings (SSSR count). The van der Waals surface area contributed by atoms with E-state index in [1.807, 2.05) is 0 Å². The monoisotopic (exact) mass is 366 g/mol. The summed E-state index contributed by atoms with van der Waals surface area (Å²) < 4.78 is 10.8. The van der Waals surface area contributed by atoms with Gasteiger partial charge in [0.05, 0.1) is 10.7 Å². The lowest BCUT2D eigenvalue weighted by Gasteiger charge is -2.18. The van der Waals surface area contributed by atoms with Crippen LogP contribution in [0.1, 0.15) is 10.4 Å². The highest BCUT2D eigenvalue weighted by molar-refractivity contribution is 6.36. The van der Waals surface area contributed by atoms with Crippen LogP contribution in [0.25, 0.3) is 0 Å². The molecule has 1 aliphatic heterocycles. The Hall–Kier alpha value is -2.44. The smallest absolute Gasteiger partial charge is 0.326 e. The maximum atomic E-state index is 12.1. The molecule has 24 heavy (non-hydrogen) atoms. The lowest BCUT2D eigenvalue weighted by Crippen LogP contribution is -2.34. The Labute approximate surface area is 147 Å². The van der Waals surface area contributed by atoms with Gasteiger partial charge in [-0.2, -0.15) is 0 Å². The minimum absolute atomic E-state index is 0.268. The predicted molar refractivity (Wildman–Crippen MR) is 90.4 cm³/mol. The van der Waals surface area contributed by atoms with Crippen LogP contribution in [0.4, 0.5) is 10.5 Å². The Morgan fingerprint density at radius 1 is 0.958 bits per heavy atom. The summed E-state index contributed by atoms with van der Waals surface area (Å²) in [6.45, 7) is 0.871. The van der Waals surface area contributed by atoms with Gasteiger partial charge >= 0.3 is 6.03 Å². The summed E-state index contributed by atoms with van der Waals surface area (Å²) in [7, 11) is 0. The zero-order valence-electron chi connectivity index (χ0n) is 12.3. The average Bonchev–Trinajstić information content (AvgIpc) is 2.57. The molecular formula is C16H12Cl2N2O4. The van der Waals surface area contributed by atoms with Crippen molar-refractivity contribution in [3.63, 3.8) is 0 Å². The normalized spacial score (nSPS) is 12.4. The third-order valence-corrected chi connectivity index (χ3v) is 3.76. The van der Waals surface area contributed by atoms with Crippen molar-refractivity contribution in [2.24, 2.45) is 0 Å². The van der Waals surface area contributed by atoms with Crippen molar-refractivity contribution >= 4 is 40.8 Å². The number of amides is 3. The van der Waals surface area contributed by atoms with Crippen molar-refractivity contribution in [1.29, 1.82) is 0 Å². The molecule has 0 saturated heterocycles. The van der Waals surface area contributed by atoms with E-state index in [-0.39, 0.29) is 10.6 Å². The minimum Gasteiger partial charge on any atom is -0.486 e. The van der Waals surface area contributed by atoms with Crippen LogP contribution in [0.15, 0.2) is 36.4 Å².